The highest BCUT2D eigenvalue weighted by atomic mass is 15.1. The predicted molar refractivity (Wildman–Crippen MR) is 81.8 cm³/mol. The van der Waals surface area contributed by atoms with Crippen molar-refractivity contribution in [2.75, 3.05) is 0 Å². The normalized spacial score (nSPS) is 9.90. The van der Waals surface area contributed by atoms with E-state index in [9.17, 15) is 0 Å². The zero-order valence-electron chi connectivity index (χ0n) is 11.0. The molecule has 0 aliphatic carbocycles. The van der Waals surface area contributed by atoms with E-state index < -0.39 is 0 Å². The fourth-order valence-electron chi connectivity index (χ4n) is 1.77. The average Bonchev–Trinajstić information content (AvgIpc) is 2.51. The molecule has 0 atom stereocenters. The Morgan fingerprint density at radius 2 is 1.48 bits per heavy atom. The fraction of sp³-hybridized carbons (Fsp3) is 0.0714. The lowest BCUT2D eigenvalue weighted by Crippen LogP contribution is -1.85. The van der Waals surface area contributed by atoms with Crippen molar-refractivity contribution >= 4 is 17.6 Å². The van der Waals surface area contributed by atoms with Gasteiger partial charge >= 0.3 is 0 Å². The van der Waals surface area contributed by atoms with Gasteiger partial charge in [-0.15, -0.1) is 0 Å². The van der Waals surface area contributed by atoms with Gasteiger partial charge in [-0.3, -0.25) is 4.99 Å². The average molecular weight is 277 g/mol. The van der Waals surface area contributed by atoms with Gasteiger partial charge in [0.05, 0.1) is 6.54 Å². The van der Waals surface area contributed by atoms with E-state index in [2.05, 4.69) is 25.0 Å². The van der Waals surface area contributed by atoms with Crippen LogP contribution in [0.3, 0.4) is 0 Å². The molecule has 0 amide bonds. The monoisotopic (exact) mass is 277 g/mol. The Morgan fingerprint density at radius 3 is 2.24 bits per heavy atom. The molecule has 2 aromatic carbocycles. The van der Waals surface area contributed by atoms with Crippen LogP contribution < -0.4 is 0 Å². The van der Waals surface area contributed by atoms with Crippen molar-refractivity contribution in [1.29, 1.82) is 0 Å². The van der Waals surface area contributed by atoms with Crippen molar-refractivity contribution in [3.8, 4) is 0 Å². The minimum atomic E-state index is 0.375. The van der Waals surface area contributed by atoms with E-state index in [-0.39, 0.29) is 0 Å². The van der Waals surface area contributed by atoms with Crippen LogP contribution in [0.5, 0.6) is 0 Å². The van der Waals surface area contributed by atoms with Crippen LogP contribution in [-0.4, -0.2) is 6.21 Å². The van der Waals surface area contributed by atoms with Crippen molar-refractivity contribution < 1.29 is 0 Å². The maximum atomic E-state index is 8.52. The highest BCUT2D eigenvalue weighted by molar-refractivity contribution is 5.86. The molecule has 0 saturated carbocycles. The number of hydrogen-bond donors (Lipinski definition) is 0. The molecule has 0 aliphatic rings. The maximum Gasteiger partial charge on any atom is 0.0644 e. The van der Waals surface area contributed by atoms with Gasteiger partial charge in [0.15, 0.2) is 0 Å². The molecule has 0 aromatic heterocycles. The molecule has 7 heteroatoms. The van der Waals surface area contributed by atoms with Crippen LogP contribution in [0.15, 0.2) is 63.8 Å². The standard InChI is InChI=1S/C14H11N7/c15-20-18-13-7-3-1-5-11(13)9-17-10-12-6-2-4-8-14(12)19-21-16/h1-9H,10H2. The Balaban J connectivity index is 2.20. The SMILES string of the molecule is [N-]=[N+]=Nc1ccccc1C=NCc1ccccc1N=[N+]=[N-]. The molecule has 7 nitrogen and oxygen atoms in total. The van der Waals surface area contributed by atoms with Gasteiger partial charge in [-0.05, 0) is 16.6 Å². The van der Waals surface area contributed by atoms with E-state index in [1.807, 2.05) is 24.3 Å². The first kappa shape index (κ1) is 14.1. The first-order chi connectivity index (χ1) is 10.3. The highest BCUT2D eigenvalue weighted by Crippen LogP contribution is 2.20. The summed E-state index contributed by atoms with van der Waals surface area (Å²) >= 11 is 0. The van der Waals surface area contributed by atoms with Crippen molar-refractivity contribution in [2.24, 2.45) is 15.2 Å². The number of nitrogens with zero attached hydrogens (tertiary/aromatic N) is 7. The second-order valence-corrected chi connectivity index (χ2v) is 4.04. The first-order valence-corrected chi connectivity index (χ1v) is 6.12. The smallest absolute Gasteiger partial charge is 0.0644 e. The molecule has 0 N–H and O–H groups in total. The quantitative estimate of drug-likeness (QED) is 0.310. The lowest BCUT2D eigenvalue weighted by Gasteiger charge is -2.01. The highest BCUT2D eigenvalue weighted by Gasteiger charge is 1.99. The molecule has 0 heterocycles. The maximum absolute atomic E-state index is 8.52. The second kappa shape index (κ2) is 7.35. The molecule has 0 radical (unpaired) electrons. The Hall–Kier alpha value is -3.27. The van der Waals surface area contributed by atoms with Crippen LogP contribution in [0.2, 0.25) is 0 Å². The summed E-state index contributed by atoms with van der Waals surface area (Å²) in [6.45, 7) is 0.375. The van der Waals surface area contributed by atoms with E-state index in [0.29, 0.717) is 17.9 Å². The second-order valence-electron chi connectivity index (χ2n) is 4.04. The minimum absolute atomic E-state index is 0.375. The van der Waals surface area contributed by atoms with E-state index in [1.165, 1.54) is 0 Å². The zero-order chi connectivity index (χ0) is 14.9. The topological polar surface area (TPSA) is 110 Å². The molecule has 0 saturated heterocycles. The Morgan fingerprint density at radius 1 is 0.857 bits per heavy atom. The number of aliphatic imine (C=N–C) groups is 1. The largest absolute Gasteiger partial charge is 0.288 e. The van der Waals surface area contributed by atoms with Crippen LogP contribution in [0.4, 0.5) is 11.4 Å². The van der Waals surface area contributed by atoms with E-state index in [4.69, 9.17) is 11.1 Å². The molecule has 0 unspecified atom stereocenters. The van der Waals surface area contributed by atoms with Gasteiger partial charge in [0.25, 0.3) is 0 Å². The predicted octanol–water partition coefficient (Wildman–Crippen LogP) is 5.19. The Kier molecular flexibility index (Phi) is 4.95. The van der Waals surface area contributed by atoms with Gasteiger partial charge < -0.3 is 0 Å². The summed E-state index contributed by atoms with van der Waals surface area (Å²) in [5, 5.41) is 7.22. The van der Waals surface area contributed by atoms with Gasteiger partial charge in [-0.25, -0.2) is 0 Å². The third-order valence-electron chi connectivity index (χ3n) is 2.73. The molecular weight excluding hydrogens is 266 g/mol. The molecule has 102 valence electrons. The third-order valence-corrected chi connectivity index (χ3v) is 2.73. The zero-order valence-corrected chi connectivity index (χ0v) is 11.0. The lowest BCUT2D eigenvalue weighted by atomic mass is 10.2. The Labute approximate surface area is 120 Å². The number of hydrogen-bond acceptors (Lipinski definition) is 3. The summed E-state index contributed by atoms with van der Waals surface area (Å²) < 4.78 is 0. The fourth-order valence-corrected chi connectivity index (χ4v) is 1.77. The molecule has 0 bridgehead atoms. The van der Waals surface area contributed by atoms with Gasteiger partial charge in [0.2, 0.25) is 0 Å². The van der Waals surface area contributed by atoms with Crippen LogP contribution in [0.25, 0.3) is 20.9 Å². The van der Waals surface area contributed by atoms with Gasteiger partial charge in [-0.1, -0.05) is 58.8 Å². The summed E-state index contributed by atoms with van der Waals surface area (Å²) in [7, 11) is 0. The minimum Gasteiger partial charge on any atom is -0.288 e. The van der Waals surface area contributed by atoms with Crippen molar-refractivity contribution in [1.82, 2.24) is 0 Å². The van der Waals surface area contributed by atoms with Gasteiger partial charge in [0, 0.05) is 33.0 Å². The van der Waals surface area contributed by atoms with E-state index >= 15 is 0 Å². The summed E-state index contributed by atoms with van der Waals surface area (Å²) in [6.07, 6.45) is 1.64. The summed E-state index contributed by atoms with van der Waals surface area (Å²) in [4.78, 5) is 9.87. The molecule has 2 aromatic rings. The number of benzene rings is 2. The van der Waals surface area contributed by atoms with Gasteiger partial charge in [0.1, 0.15) is 0 Å². The Bertz CT molecular complexity index is 753. The molecule has 0 aliphatic heterocycles. The van der Waals surface area contributed by atoms with Crippen molar-refractivity contribution in [3.63, 3.8) is 0 Å². The lowest BCUT2D eigenvalue weighted by molar-refractivity contribution is 1.07. The van der Waals surface area contributed by atoms with Crippen LogP contribution in [-0.2, 0) is 6.54 Å². The first-order valence-electron chi connectivity index (χ1n) is 6.12. The molecular formula is C14H11N7. The molecule has 0 fully saturated rings. The van der Waals surface area contributed by atoms with E-state index in [1.54, 1.807) is 30.5 Å². The van der Waals surface area contributed by atoms with Gasteiger partial charge in [-0.2, -0.15) is 0 Å². The van der Waals surface area contributed by atoms with Crippen LogP contribution in [0.1, 0.15) is 11.1 Å². The summed E-state index contributed by atoms with van der Waals surface area (Å²) in [6, 6.07) is 14.4. The van der Waals surface area contributed by atoms with Crippen molar-refractivity contribution in [2.45, 2.75) is 6.54 Å². The third kappa shape index (κ3) is 3.84. The van der Waals surface area contributed by atoms with Crippen LogP contribution >= 0.6 is 0 Å². The van der Waals surface area contributed by atoms with E-state index in [0.717, 1.165) is 11.1 Å². The molecule has 21 heavy (non-hydrogen) atoms. The molecule has 0 spiro atoms. The summed E-state index contributed by atoms with van der Waals surface area (Å²) in [5.41, 5.74) is 19.7. The molecule has 2 rings (SSSR count). The van der Waals surface area contributed by atoms with Crippen LogP contribution in [0, 0.1) is 0 Å². The number of rotatable bonds is 5. The summed E-state index contributed by atoms with van der Waals surface area (Å²) in [5.74, 6) is 0. The van der Waals surface area contributed by atoms with Crippen molar-refractivity contribution in [3.05, 3.63) is 80.5 Å². The number of azide groups is 2.